The van der Waals surface area contributed by atoms with E-state index in [9.17, 15) is 5.11 Å². The molecule has 90 valence electrons. The second-order valence-electron chi connectivity index (χ2n) is 5.60. The van der Waals surface area contributed by atoms with Crippen molar-refractivity contribution >= 4 is 0 Å². The van der Waals surface area contributed by atoms with Crippen molar-refractivity contribution in [2.24, 2.45) is 10.8 Å². The molecule has 1 atom stereocenters. The van der Waals surface area contributed by atoms with Gasteiger partial charge in [-0.25, -0.2) is 0 Å². The fourth-order valence-corrected chi connectivity index (χ4v) is 2.27. The van der Waals surface area contributed by atoms with Crippen molar-refractivity contribution in [3.8, 4) is 0 Å². The molecule has 0 bridgehead atoms. The van der Waals surface area contributed by atoms with Gasteiger partial charge in [0, 0.05) is 19.2 Å². The minimum absolute atomic E-state index is 0.332. The van der Waals surface area contributed by atoms with E-state index in [1.165, 1.54) is 0 Å². The first-order chi connectivity index (χ1) is 6.84. The Morgan fingerprint density at radius 2 is 1.80 bits per heavy atom. The van der Waals surface area contributed by atoms with Crippen LogP contribution in [0.4, 0.5) is 0 Å². The van der Waals surface area contributed by atoms with E-state index in [2.05, 4.69) is 33.0 Å². The molecule has 0 aliphatic heterocycles. The number of hydrogen-bond acceptors (Lipinski definition) is 3. The van der Waals surface area contributed by atoms with E-state index in [0.717, 1.165) is 0 Å². The maximum atomic E-state index is 9.61. The molecule has 1 saturated carbocycles. The van der Waals surface area contributed by atoms with E-state index in [1.807, 2.05) is 6.92 Å². The van der Waals surface area contributed by atoms with E-state index in [-0.39, 0.29) is 0 Å². The highest BCUT2D eigenvalue weighted by Crippen LogP contribution is 2.62. The molecule has 1 fully saturated rings. The summed E-state index contributed by atoms with van der Waals surface area (Å²) < 4.78 is 5.16. The van der Waals surface area contributed by atoms with Crippen molar-refractivity contribution < 1.29 is 9.84 Å². The molecule has 1 unspecified atom stereocenters. The molecule has 0 radical (unpaired) electrons. The van der Waals surface area contributed by atoms with E-state index in [1.54, 1.807) is 0 Å². The second kappa shape index (κ2) is 4.40. The summed E-state index contributed by atoms with van der Waals surface area (Å²) in [5.41, 5.74) is 0.663. The molecule has 0 aromatic heterocycles. The van der Waals surface area contributed by atoms with E-state index >= 15 is 0 Å². The van der Waals surface area contributed by atoms with Gasteiger partial charge in [0.25, 0.3) is 0 Å². The lowest BCUT2D eigenvalue weighted by atomic mass is 10.0. The van der Waals surface area contributed by atoms with Crippen molar-refractivity contribution in [1.82, 2.24) is 5.32 Å². The molecule has 1 aliphatic rings. The fourth-order valence-electron chi connectivity index (χ4n) is 2.27. The Balaban J connectivity index is 2.22. The maximum Gasteiger partial charge on any atom is 0.0897 e. The smallest absolute Gasteiger partial charge is 0.0897 e. The Hall–Kier alpha value is -0.120. The average Bonchev–Trinajstić information content (AvgIpc) is 2.51. The largest absolute Gasteiger partial charge is 0.389 e. The van der Waals surface area contributed by atoms with Crippen molar-refractivity contribution in [2.75, 3.05) is 19.8 Å². The fraction of sp³-hybridized carbons (Fsp3) is 1.00. The third-order valence-corrected chi connectivity index (χ3v) is 4.09. The number of nitrogens with one attached hydrogen (secondary N) is 1. The zero-order chi connectivity index (χ0) is 11.7. The van der Waals surface area contributed by atoms with Crippen LogP contribution in [-0.4, -0.2) is 37.0 Å². The topological polar surface area (TPSA) is 41.5 Å². The predicted molar refractivity (Wildman–Crippen MR) is 61.9 cm³/mol. The zero-order valence-electron chi connectivity index (χ0n) is 10.6. The SMILES string of the molecule is CCOCC(O)CNC1C(C)(C)C1(C)C. The number of ether oxygens (including phenoxy) is 1. The summed E-state index contributed by atoms with van der Waals surface area (Å²) in [5, 5.41) is 13.0. The van der Waals surface area contributed by atoms with Crippen LogP contribution < -0.4 is 5.32 Å². The van der Waals surface area contributed by atoms with Gasteiger partial charge in [-0.3, -0.25) is 0 Å². The average molecular weight is 215 g/mol. The van der Waals surface area contributed by atoms with Crippen molar-refractivity contribution in [2.45, 2.75) is 46.8 Å². The summed E-state index contributed by atoms with van der Waals surface area (Å²) in [7, 11) is 0. The van der Waals surface area contributed by atoms with E-state index in [4.69, 9.17) is 4.74 Å². The summed E-state index contributed by atoms with van der Waals surface area (Å²) in [5.74, 6) is 0. The molecular weight excluding hydrogens is 190 g/mol. The van der Waals surface area contributed by atoms with Crippen molar-refractivity contribution in [3.05, 3.63) is 0 Å². The summed E-state index contributed by atoms with van der Waals surface area (Å²) in [4.78, 5) is 0. The standard InChI is InChI=1S/C12H25NO2/c1-6-15-8-9(14)7-13-10-11(2,3)12(10,4)5/h9-10,13-14H,6-8H2,1-5H3. The second-order valence-corrected chi connectivity index (χ2v) is 5.60. The van der Waals surface area contributed by atoms with Crippen LogP contribution >= 0.6 is 0 Å². The molecule has 15 heavy (non-hydrogen) atoms. The Morgan fingerprint density at radius 3 is 2.20 bits per heavy atom. The third-order valence-electron chi connectivity index (χ3n) is 4.09. The molecule has 3 nitrogen and oxygen atoms in total. The van der Waals surface area contributed by atoms with Crippen LogP contribution in [-0.2, 0) is 4.74 Å². The van der Waals surface area contributed by atoms with Gasteiger partial charge in [0.05, 0.1) is 12.7 Å². The predicted octanol–water partition coefficient (Wildman–Crippen LogP) is 1.41. The van der Waals surface area contributed by atoms with Crippen LogP contribution in [0.2, 0.25) is 0 Å². The molecule has 0 amide bonds. The van der Waals surface area contributed by atoms with Gasteiger partial charge in [-0.1, -0.05) is 27.7 Å². The number of hydrogen-bond donors (Lipinski definition) is 2. The van der Waals surface area contributed by atoms with Crippen molar-refractivity contribution in [3.63, 3.8) is 0 Å². The lowest BCUT2D eigenvalue weighted by Crippen LogP contribution is -2.34. The van der Waals surface area contributed by atoms with E-state index in [0.29, 0.717) is 36.6 Å². The Kier molecular flexibility index (Phi) is 3.80. The summed E-state index contributed by atoms with van der Waals surface area (Å²) in [6, 6.07) is 0.501. The van der Waals surface area contributed by atoms with Crippen LogP contribution in [0.3, 0.4) is 0 Å². The number of rotatable bonds is 6. The van der Waals surface area contributed by atoms with Gasteiger partial charge in [0.1, 0.15) is 0 Å². The van der Waals surface area contributed by atoms with Crippen LogP contribution in [0, 0.1) is 10.8 Å². The van der Waals surface area contributed by atoms with Gasteiger partial charge in [-0.2, -0.15) is 0 Å². The molecular formula is C12H25NO2. The van der Waals surface area contributed by atoms with Crippen LogP contribution in [0.15, 0.2) is 0 Å². The lowest BCUT2D eigenvalue weighted by molar-refractivity contribution is 0.0421. The highest BCUT2D eigenvalue weighted by molar-refractivity contribution is 5.17. The monoisotopic (exact) mass is 215 g/mol. The maximum absolute atomic E-state index is 9.61. The van der Waals surface area contributed by atoms with Crippen LogP contribution in [0.5, 0.6) is 0 Å². The van der Waals surface area contributed by atoms with Gasteiger partial charge in [-0.05, 0) is 17.8 Å². The Labute approximate surface area is 93.2 Å². The van der Waals surface area contributed by atoms with E-state index < -0.39 is 6.10 Å². The quantitative estimate of drug-likeness (QED) is 0.704. The molecule has 0 heterocycles. The number of aliphatic hydroxyl groups excluding tert-OH is 1. The normalized spacial score (nSPS) is 25.2. The molecule has 0 saturated heterocycles. The first-order valence-corrected chi connectivity index (χ1v) is 5.83. The van der Waals surface area contributed by atoms with Gasteiger partial charge < -0.3 is 15.2 Å². The number of aliphatic hydroxyl groups is 1. The zero-order valence-corrected chi connectivity index (χ0v) is 10.6. The van der Waals surface area contributed by atoms with Gasteiger partial charge >= 0.3 is 0 Å². The van der Waals surface area contributed by atoms with Gasteiger partial charge in [0.2, 0.25) is 0 Å². The molecule has 3 heteroatoms. The van der Waals surface area contributed by atoms with Crippen molar-refractivity contribution in [1.29, 1.82) is 0 Å². The lowest BCUT2D eigenvalue weighted by Gasteiger charge is -2.12. The molecule has 2 N–H and O–H groups in total. The first kappa shape index (κ1) is 12.9. The molecule has 0 aromatic carbocycles. The summed E-state index contributed by atoms with van der Waals surface area (Å²) in [6.45, 7) is 12.7. The highest BCUT2D eigenvalue weighted by Gasteiger charge is 2.64. The Bertz CT molecular complexity index is 200. The van der Waals surface area contributed by atoms with Gasteiger partial charge in [0.15, 0.2) is 0 Å². The third kappa shape index (κ3) is 2.52. The summed E-state index contributed by atoms with van der Waals surface area (Å²) in [6.07, 6.45) is -0.392. The molecule has 1 aliphatic carbocycles. The molecule has 0 aromatic rings. The minimum Gasteiger partial charge on any atom is -0.389 e. The van der Waals surface area contributed by atoms with Gasteiger partial charge in [-0.15, -0.1) is 0 Å². The molecule has 1 rings (SSSR count). The molecule has 0 spiro atoms. The highest BCUT2D eigenvalue weighted by atomic mass is 16.5. The Morgan fingerprint density at radius 1 is 1.27 bits per heavy atom. The van der Waals surface area contributed by atoms with Crippen LogP contribution in [0.25, 0.3) is 0 Å². The first-order valence-electron chi connectivity index (χ1n) is 5.83. The summed E-state index contributed by atoms with van der Waals surface area (Å²) >= 11 is 0. The van der Waals surface area contributed by atoms with Crippen LogP contribution in [0.1, 0.15) is 34.6 Å². The minimum atomic E-state index is -0.392.